The standard InChI is InChI=1S/C17H31N3/c1-4-17(5-2)20-11-10-15(19-20)13-16(18-6-3)12-14-8-7-9-14/h10-11,14,16-18H,4-9,12-13H2,1-3H3. The number of aromatic nitrogens is 2. The van der Waals surface area contributed by atoms with Crippen LogP contribution in [0.25, 0.3) is 0 Å². The van der Waals surface area contributed by atoms with Gasteiger partial charge in [0.25, 0.3) is 0 Å². The van der Waals surface area contributed by atoms with Crippen LogP contribution < -0.4 is 5.32 Å². The van der Waals surface area contributed by atoms with Gasteiger partial charge in [-0.1, -0.05) is 40.0 Å². The molecule has 1 atom stereocenters. The van der Waals surface area contributed by atoms with Crippen LogP contribution in [-0.2, 0) is 6.42 Å². The third kappa shape index (κ3) is 4.08. The molecule has 20 heavy (non-hydrogen) atoms. The lowest BCUT2D eigenvalue weighted by atomic mass is 9.80. The van der Waals surface area contributed by atoms with Gasteiger partial charge >= 0.3 is 0 Å². The molecule has 0 spiro atoms. The zero-order valence-electron chi connectivity index (χ0n) is 13.4. The molecule has 1 aromatic heterocycles. The molecule has 0 radical (unpaired) electrons. The summed E-state index contributed by atoms with van der Waals surface area (Å²) in [4.78, 5) is 0. The van der Waals surface area contributed by atoms with Crippen LogP contribution in [0.1, 0.15) is 71.0 Å². The Morgan fingerprint density at radius 1 is 1.30 bits per heavy atom. The largest absolute Gasteiger partial charge is 0.314 e. The third-order valence-corrected chi connectivity index (χ3v) is 4.77. The van der Waals surface area contributed by atoms with Gasteiger partial charge in [-0.25, -0.2) is 0 Å². The zero-order chi connectivity index (χ0) is 14.4. The number of nitrogens with zero attached hydrogens (tertiary/aromatic N) is 2. The van der Waals surface area contributed by atoms with E-state index in [0.29, 0.717) is 12.1 Å². The first-order chi connectivity index (χ1) is 9.76. The molecule has 1 saturated carbocycles. The van der Waals surface area contributed by atoms with E-state index >= 15 is 0 Å². The maximum Gasteiger partial charge on any atom is 0.0640 e. The predicted octanol–water partition coefficient (Wildman–Crippen LogP) is 3.96. The van der Waals surface area contributed by atoms with Crippen molar-refractivity contribution >= 4 is 0 Å². The SMILES string of the molecule is CCNC(Cc1ccn(C(CC)CC)n1)CC1CCC1. The number of rotatable bonds is 9. The molecule has 1 aliphatic rings. The molecule has 1 fully saturated rings. The van der Waals surface area contributed by atoms with E-state index in [2.05, 4.69) is 43.0 Å². The van der Waals surface area contributed by atoms with Gasteiger partial charge in [-0.3, -0.25) is 4.68 Å². The van der Waals surface area contributed by atoms with Crippen molar-refractivity contribution in [3.63, 3.8) is 0 Å². The highest BCUT2D eigenvalue weighted by molar-refractivity contribution is 5.02. The van der Waals surface area contributed by atoms with Crippen LogP contribution in [0, 0.1) is 5.92 Å². The highest BCUT2D eigenvalue weighted by Crippen LogP contribution is 2.31. The van der Waals surface area contributed by atoms with Gasteiger partial charge in [0, 0.05) is 18.7 Å². The van der Waals surface area contributed by atoms with Crippen molar-refractivity contribution in [3.8, 4) is 0 Å². The van der Waals surface area contributed by atoms with E-state index in [4.69, 9.17) is 5.10 Å². The van der Waals surface area contributed by atoms with E-state index < -0.39 is 0 Å². The molecule has 0 bridgehead atoms. The summed E-state index contributed by atoms with van der Waals surface area (Å²) >= 11 is 0. The molecule has 1 heterocycles. The molecule has 2 rings (SSSR count). The van der Waals surface area contributed by atoms with Gasteiger partial charge < -0.3 is 5.32 Å². The molecular weight excluding hydrogens is 246 g/mol. The van der Waals surface area contributed by atoms with Gasteiger partial charge in [0.2, 0.25) is 0 Å². The normalized spacial score (nSPS) is 17.4. The summed E-state index contributed by atoms with van der Waals surface area (Å²) in [5.41, 5.74) is 1.25. The maximum atomic E-state index is 4.80. The Balaban J connectivity index is 1.91. The lowest BCUT2D eigenvalue weighted by Crippen LogP contribution is -2.34. The highest BCUT2D eigenvalue weighted by Gasteiger charge is 2.22. The summed E-state index contributed by atoms with van der Waals surface area (Å²) in [5, 5.41) is 8.45. The monoisotopic (exact) mass is 277 g/mol. The molecule has 1 aliphatic carbocycles. The van der Waals surface area contributed by atoms with Crippen LogP contribution in [0.2, 0.25) is 0 Å². The van der Waals surface area contributed by atoms with Crippen LogP contribution in [0.5, 0.6) is 0 Å². The van der Waals surface area contributed by atoms with Crippen LogP contribution in [-0.4, -0.2) is 22.4 Å². The van der Waals surface area contributed by atoms with E-state index in [1.54, 1.807) is 0 Å². The Labute approximate surface area is 124 Å². The second-order valence-electron chi connectivity index (χ2n) is 6.25. The predicted molar refractivity (Wildman–Crippen MR) is 85.0 cm³/mol. The van der Waals surface area contributed by atoms with Crippen molar-refractivity contribution in [1.29, 1.82) is 0 Å². The van der Waals surface area contributed by atoms with Crippen LogP contribution >= 0.6 is 0 Å². The smallest absolute Gasteiger partial charge is 0.0640 e. The third-order valence-electron chi connectivity index (χ3n) is 4.77. The molecule has 0 saturated heterocycles. The fourth-order valence-corrected chi connectivity index (χ4v) is 3.26. The van der Waals surface area contributed by atoms with Gasteiger partial charge in [0.05, 0.1) is 11.7 Å². The Kier molecular flexibility index (Phi) is 6.08. The van der Waals surface area contributed by atoms with E-state index in [0.717, 1.165) is 31.7 Å². The lowest BCUT2D eigenvalue weighted by Gasteiger charge is -2.29. The van der Waals surface area contributed by atoms with Gasteiger partial charge in [-0.2, -0.15) is 5.10 Å². The first-order valence-corrected chi connectivity index (χ1v) is 8.54. The first-order valence-electron chi connectivity index (χ1n) is 8.54. The Hall–Kier alpha value is -0.830. The van der Waals surface area contributed by atoms with E-state index in [1.165, 1.54) is 31.4 Å². The minimum atomic E-state index is 0.563. The number of hydrogen-bond donors (Lipinski definition) is 1. The minimum Gasteiger partial charge on any atom is -0.314 e. The Morgan fingerprint density at radius 3 is 2.60 bits per heavy atom. The van der Waals surface area contributed by atoms with Crippen LogP contribution in [0.15, 0.2) is 12.3 Å². The fourth-order valence-electron chi connectivity index (χ4n) is 3.26. The number of likely N-dealkylation sites (N-methyl/N-ethyl adjacent to an activating group) is 1. The molecule has 3 heteroatoms. The second-order valence-corrected chi connectivity index (χ2v) is 6.25. The molecule has 3 nitrogen and oxygen atoms in total. The van der Waals surface area contributed by atoms with Gasteiger partial charge in [-0.15, -0.1) is 0 Å². The van der Waals surface area contributed by atoms with E-state index in [1.807, 2.05) is 0 Å². The topological polar surface area (TPSA) is 29.9 Å². The number of hydrogen-bond acceptors (Lipinski definition) is 2. The van der Waals surface area contributed by atoms with Crippen molar-refractivity contribution in [1.82, 2.24) is 15.1 Å². The molecule has 1 unspecified atom stereocenters. The summed E-state index contributed by atoms with van der Waals surface area (Å²) in [6.07, 6.45) is 11.2. The van der Waals surface area contributed by atoms with Crippen molar-refractivity contribution in [2.45, 2.75) is 77.8 Å². The number of nitrogens with one attached hydrogen (secondary N) is 1. The fraction of sp³-hybridized carbons (Fsp3) is 0.824. The molecule has 114 valence electrons. The second kappa shape index (κ2) is 7.82. The van der Waals surface area contributed by atoms with Gasteiger partial charge in [0.1, 0.15) is 0 Å². The maximum absolute atomic E-state index is 4.80. The van der Waals surface area contributed by atoms with E-state index in [9.17, 15) is 0 Å². The average Bonchev–Trinajstić information content (AvgIpc) is 2.84. The Bertz CT molecular complexity index is 377. The van der Waals surface area contributed by atoms with Crippen LogP contribution in [0.3, 0.4) is 0 Å². The molecule has 1 aromatic rings. The molecular formula is C17H31N3. The minimum absolute atomic E-state index is 0.563. The van der Waals surface area contributed by atoms with Crippen molar-refractivity contribution in [2.24, 2.45) is 5.92 Å². The zero-order valence-corrected chi connectivity index (χ0v) is 13.4. The van der Waals surface area contributed by atoms with Gasteiger partial charge in [0.15, 0.2) is 0 Å². The first kappa shape index (κ1) is 15.6. The summed E-state index contributed by atoms with van der Waals surface area (Å²) in [6.45, 7) is 7.75. The quantitative estimate of drug-likeness (QED) is 0.740. The van der Waals surface area contributed by atoms with Crippen molar-refractivity contribution in [2.75, 3.05) is 6.54 Å². The average molecular weight is 277 g/mol. The molecule has 0 amide bonds. The molecule has 0 aromatic carbocycles. The van der Waals surface area contributed by atoms with Gasteiger partial charge in [-0.05, 0) is 37.8 Å². The van der Waals surface area contributed by atoms with E-state index in [-0.39, 0.29) is 0 Å². The van der Waals surface area contributed by atoms with Crippen molar-refractivity contribution < 1.29 is 0 Å². The van der Waals surface area contributed by atoms with Crippen LogP contribution in [0.4, 0.5) is 0 Å². The van der Waals surface area contributed by atoms with Crippen molar-refractivity contribution in [3.05, 3.63) is 18.0 Å². The summed E-state index contributed by atoms with van der Waals surface area (Å²) in [5.74, 6) is 0.958. The summed E-state index contributed by atoms with van der Waals surface area (Å²) < 4.78 is 2.17. The highest BCUT2D eigenvalue weighted by atomic mass is 15.3. The summed E-state index contributed by atoms with van der Waals surface area (Å²) in [7, 11) is 0. The molecule has 0 aliphatic heterocycles. The Morgan fingerprint density at radius 2 is 2.05 bits per heavy atom. The lowest BCUT2D eigenvalue weighted by molar-refractivity contribution is 0.259. The molecule has 1 N–H and O–H groups in total. The summed E-state index contributed by atoms with van der Waals surface area (Å²) in [6, 6.07) is 3.38.